The molecule has 0 saturated carbocycles. The number of rotatable bonds is 5. The van der Waals surface area contributed by atoms with Gasteiger partial charge in [-0.25, -0.2) is 4.98 Å². The summed E-state index contributed by atoms with van der Waals surface area (Å²) >= 11 is 0. The number of carbonyl (C=O) groups excluding carboxylic acids is 2. The number of aromatic nitrogens is 3. The molecule has 0 N–H and O–H groups in total. The summed E-state index contributed by atoms with van der Waals surface area (Å²) in [5.74, 6) is 0.923. The minimum absolute atomic E-state index is 0.0259. The molecule has 2 aromatic heterocycles. The van der Waals surface area contributed by atoms with E-state index in [4.69, 9.17) is 0 Å². The van der Waals surface area contributed by atoms with Crippen LogP contribution in [-0.2, 0) is 18.3 Å². The molecule has 2 amide bonds. The average Bonchev–Trinajstić information content (AvgIpc) is 2.95. The summed E-state index contributed by atoms with van der Waals surface area (Å²) in [6, 6.07) is 5.59. The molecule has 1 fully saturated rings. The minimum Gasteiger partial charge on any atom is -0.363 e. The lowest BCUT2D eigenvalue weighted by atomic mass is 10.2. The number of amides is 2. The Balaban J connectivity index is 1.54. The van der Waals surface area contributed by atoms with Gasteiger partial charge in [-0.15, -0.1) is 0 Å². The van der Waals surface area contributed by atoms with Gasteiger partial charge in [0.1, 0.15) is 5.82 Å². The Morgan fingerprint density at radius 2 is 1.82 bits per heavy atom. The van der Waals surface area contributed by atoms with Crippen LogP contribution in [0.5, 0.6) is 0 Å². The summed E-state index contributed by atoms with van der Waals surface area (Å²) in [7, 11) is 5.71. The van der Waals surface area contributed by atoms with E-state index in [1.54, 1.807) is 17.1 Å². The molecule has 0 atom stereocenters. The molecule has 0 aromatic carbocycles. The molecule has 1 saturated heterocycles. The molecule has 2 aromatic rings. The van der Waals surface area contributed by atoms with Crippen LogP contribution in [0, 0.1) is 0 Å². The molecule has 0 spiro atoms. The largest absolute Gasteiger partial charge is 0.363 e. The molecular weight excluding hydrogens is 356 g/mol. The van der Waals surface area contributed by atoms with E-state index in [2.05, 4.69) is 10.1 Å². The van der Waals surface area contributed by atoms with Gasteiger partial charge in [-0.3, -0.25) is 14.3 Å². The van der Waals surface area contributed by atoms with E-state index >= 15 is 0 Å². The lowest BCUT2D eigenvalue weighted by molar-refractivity contribution is -0.131. The van der Waals surface area contributed by atoms with Crippen molar-refractivity contribution in [3.05, 3.63) is 41.9 Å². The van der Waals surface area contributed by atoms with Crippen molar-refractivity contribution in [2.45, 2.75) is 19.3 Å². The van der Waals surface area contributed by atoms with Crippen LogP contribution in [0.3, 0.4) is 0 Å². The Morgan fingerprint density at radius 3 is 2.46 bits per heavy atom. The summed E-state index contributed by atoms with van der Waals surface area (Å²) in [5, 5.41) is 4.14. The fourth-order valence-corrected chi connectivity index (χ4v) is 3.37. The van der Waals surface area contributed by atoms with Gasteiger partial charge in [-0.05, 0) is 31.0 Å². The Kier molecular flexibility index (Phi) is 6.28. The molecule has 3 heterocycles. The first-order valence-corrected chi connectivity index (χ1v) is 9.63. The molecule has 1 aliphatic rings. The van der Waals surface area contributed by atoms with E-state index in [1.165, 1.54) is 0 Å². The third kappa shape index (κ3) is 4.68. The third-order valence-electron chi connectivity index (χ3n) is 5.11. The lowest BCUT2D eigenvalue weighted by Gasteiger charge is -2.22. The molecule has 0 bridgehead atoms. The van der Waals surface area contributed by atoms with Crippen LogP contribution in [0.4, 0.5) is 5.82 Å². The number of aryl methyl sites for hydroxylation is 2. The first-order chi connectivity index (χ1) is 13.5. The Bertz CT molecular complexity index is 814. The van der Waals surface area contributed by atoms with Crippen LogP contribution in [0.1, 0.15) is 28.9 Å². The summed E-state index contributed by atoms with van der Waals surface area (Å²) < 4.78 is 1.80. The van der Waals surface area contributed by atoms with Gasteiger partial charge in [-0.2, -0.15) is 5.10 Å². The van der Waals surface area contributed by atoms with Gasteiger partial charge in [0, 0.05) is 71.8 Å². The first-order valence-electron chi connectivity index (χ1n) is 9.63. The number of nitrogens with zero attached hydrogens (tertiary/aromatic N) is 6. The van der Waals surface area contributed by atoms with Crippen molar-refractivity contribution in [3.8, 4) is 0 Å². The van der Waals surface area contributed by atoms with Crippen molar-refractivity contribution in [1.82, 2.24) is 24.6 Å². The summed E-state index contributed by atoms with van der Waals surface area (Å²) in [5.41, 5.74) is 1.63. The maximum Gasteiger partial charge on any atom is 0.255 e. The number of hydrogen-bond acceptors (Lipinski definition) is 5. The van der Waals surface area contributed by atoms with Crippen molar-refractivity contribution in [3.63, 3.8) is 0 Å². The second kappa shape index (κ2) is 8.86. The molecule has 1 aliphatic heterocycles. The van der Waals surface area contributed by atoms with Crippen molar-refractivity contribution in [2.24, 2.45) is 7.05 Å². The average molecular weight is 384 g/mol. The van der Waals surface area contributed by atoms with E-state index < -0.39 is 0 Å². The van der Waals surface area contributed by atoms with Gasteiger partial charge in [0.05, 0.1) is 5.56 Å². The highest BCUT2D eigenvalue weighted by atomic mass is 16.2. The predicted octanol–water partition coefficient (Wildman–Crippen LogP) is 1.19. The fraction of sp³-hybridized carbons (Fsp3) is 0.500. The fourth-order valence-electron chi connectivity index (χ4n) is 3.37. The van der Waals surface area contributed by atoms with Gasteiger partial charge in [0.25, 0.3) is 5.91 Å². The maximum absolute atomic E-state index is 12.8. The number of anilines is 1. The summed E-state index contributed by atoms with van der Waals surface area (Å²) in [6.07, 6.45) is 5.29. The molecule has 150 valence electrons. The van der Waals surface area contributed by atoms with E-state index in [1.807, 2.05) is 54.0 Å². The molecule has 0 radical (unpaired) electrons. The quantitative estimate of drug-likeness (QED) is 0.774. The van der Waals surface area contributed by atoms with Crippen molar-refractivity contribution < 1.29 is 9.59 Å². The Hall–Kier alpha value is -2.90. The van der Waals surface area contributed by atoms with Crippen LogP contribution in [0.25, 0.3) is 0 Å². The van der Waals surface area contributed by atoms with Crippen molar-refractivity contribution >= 4 is 17.6 Å². The second-order valence-corrected chi connectivity index (χ2v) is 7.27. The summed E-state index contributed by atoms with van der Waals surface area (Å²) in [4.78, 5) is 35.3. The zero-order valence-corrected chi connectivity index (χ0v) is 16.8. The smallest absolute Gasteiger partial charge is 0.255 e. The molecule has 8 nitrogen and oxygen atoms in total. The maximum atomic E-state index is 12.8. The van der Waals surface area contributed by atoms with Crippen molar-refractivity contribution in [2.75, 3.05) is 45.2 Å². The van der Waals surface area contributed by atoms with Gasteiger partial charge in [0.2, 0.25) is 5.91 Å². The highest BCUT2D eigenvalue weighted by molar-refractivity contribution is 5.94. The number of carbonyl (C=O) groups is 2. The second-order valence-electron chi connectivity index (χ2n) is 7.27. The lowest BCUT2D eigenvalue weighted by Crippen LogP contribution is -2.37. The van der Waals surface area contributed by atoms with Gasteiger partial charge < -0.3 is 14.7 Å². The topological polar surface area (TPSA) is 74.6 Å². The number of hydrogen-bond donors (Lipinski definition) is 0. The van der Waals surface area contributed by atoms with Crippen LogP contribution < -0.4 is 4.90 Å². The third-order valence-corrected chi connectivity index (χ3v) is 5.11. The molecule has 8 heteroatoms. The highest BCUT2D eigenvalue weighted by Gasteiger charge is 2.23. The zero-order chi connectivity index (χ0) is 20.1. The molecule has 0 aliphatic carbocycles. The van der Waals surface area contributed by atoms with E-state index in [0.29, 0.717) is 44.6 Å². The first kappa shape index (κ1) is 19.9. The highest BCUT2D eigenvalue weighted by Crippen LogP contribution is 2.13. The van der Waals surface area contributed by atoms with E-state index in [9.17, 15) is 9.59 Å². The van der Waals surface area contributed by atoms with Crippen LogP contribution >= 0.6 is 0 Å². The van der Waals surface area contributed by atoms with E-state index in [0.717, 1.165) is 17.9 Å². The predicted molar refractivity (Wildman–Crippen MR) is 107 cm³/mol. The van der Waals surface area contributed by atoms with Gasteiger partial charge in [-0.1, -0.05) is 0 Å². The zero-order valence-electron chi connectivity index (χ0n) is 16.8. The normalized spacial score (nSPS) is 14.7. The standard InChI is InChI=1S/C20H28N6O2/c1-23(2)18-7-5-16(15-21-18)20(28)26-12-4-11-25(13-14-26)19(27)8-6-17-9-10-22-24(17)3/h5,7,9-10,15H,4,6,8,11-14H2,1-3H3. The molecule has 0 unspecified atom stereocenters. The van der Waals surface area contributed by atoms with Crippen molar-refractivity contribution in [1.29, 1.82) is 0 Å². The van der Waals surface area contributed by atoms with Crippen LogP contribution in [0.15, 0.2) is 30.6 Å². The van der Waals surface area contributed by atoms with E-state index in [-0.39, 0.29) is 11.8 Å². The Labute approximate surface area is 165 Å². The van der Waals surface area contributed by atoms with Gasteiger partial charge in [0.15, 0.2) is 0 Å². The van der Waals surface area contributed by atoms with Gasteiger partial charge >= 0.3 is 0 Å². The molecule has 3 rings (SSSR count). The van der Waals surface area contributed by atoms with Crippen LogP contribution in [-0.4, -0.2) is 76.7 Å². The monoisotopic (exact) mass is 384 g/mol. The van der Waals surface area contributed by atoms with Crippen LogP contribution in [0.2, 0.25) is 0 Å². The Morgan fingerprint density at radius 1 is 1.07 bits per heavy atom. The minimum atomic E-state index is -0.0259. The SMILES string of the molecule is CN(C)c1ccc(C(=O)N2CCCN(C(=O)CCc3ccnn3C)CC2)cn1. The summed E-state index contributed by atoms with van der Waals surface area (Å²) in [6.45, 7) is 2.45. The molecular formula is C20H28N6O2. The number of pyridine rings is 1. The molecule has 28 heavy (non-hydrogen) atoms.